The predicted molar refractivity (Wildman–Crippen MR) is 81.6 cm³/mol. The van der Waals surface area contributed by atoms with E-state index >= 15 is 0 Å². The number of carboxylic acid groups (broad SMARTS) is 1. The number of benzene rings is 2. The van der Waals surface area contributed by atoms with E-state index in [1.54, 1.807) is 36.4 Å². The zero-order valence-electron chi connectivity index (χ0n) is 10.3. The highest BCUT2D eigenvalue weighted by molar-refractivity contribution is 14.1. The van der Waals surface area contributed by atoms with Gasteiger partial charge in [0.2, 0.25) is 0 Å². The second-order valence-electron chi connectivity index (χ2n) is 4.00. The summed E-state index contributed by atoms with van der Waals surface area (Å²) in [6.07, 6.45) is 0. The molecule has 0 saturated heterocycles. The lowest BCUT2D eigenvalue weighted by Gasteiger charge is -2.10. The van der Waals surface area contributed by atoms with Gasteiger partial charge in [-0.2, -0.15) is 5.26 Å². The van der Waals surface area contributed by atoms with E-state index in [-0.39, 0.29) is 12.2 Å². The Labute approximate surface area is 129 Å². The molecular weight excluding hydrogens is 369 g/mol. The van der Waals surface area contributed by atoms with Gasteiger partial charge in [0, 0.05) is 9.13 Å². The van der Waals surface area contributed by atoms with Crippen LogP contribution in [0.5, 0.6) is 5.75 Å². The number of rotatable bonds is 4. The molecule has 0 fully saturated rings. The van der Waals surface area contributed by atoms with Gasteiger partial charge in [-0.15, -0.1) is 0 Å². The third-order valence-electron chi connectivity index (χ3n) is 2.69. The Bertz CT molecular complexity index is 692. The lowest BCUT2D eigenvalue weighted by atomic mass is 10.1. The maximum atomic E-state index is 11.2. The maximum Gasteiger partial charge on any atom is 0.339 e. The first-order valence-electron chi connectivity index (χ1n) is 5.75. The smallest absolute Gasteiger partial charge is 0.339 e. The zero-order chi connectivity index (χ0) is 14.5. The van der Waals surface area contributed by atoms with Crippen molar-refractivity contribution in [3.63, 3.8) is 0 Å². The minimum absolute atomic E-state index is 0.117. The Morgan fingerprint density at radius 2 is 2.05 bits per heavy atom. The molecule has 2 rings (SSSR count). The van der Waals surface area contributed by atoms with Gasteiger partial charge >= 0.3 is 5.97 Å². The van der Waals surface area contributed by atoms with E-state index in [1.165, 1.54) is 0 Å². The summed E-state index contributed by atoms with van der Waals surface area (Å²) in [7, 11) is 0. The van der Waals surface area contributed by atoms with Gasteiger partial charge in [-0.3, -0.25) is 0 Å². The van der Waals surface area contributed by atoms with Crippen LogP contribution in [0.4, 0.5) is 0 Å². The van der Waals surface area contributed by atoms with Crippen molar-refractivity contribution < 1.29 is 14.6 Å². The van der Waals surface area contributed by atoms with Gasteiger partial charge in [0.25, 0.3) is 0 Å². The fourth-order valence-electron chi connectivity index (χ4n) is 1.71. The van der Waals surface area contributed by atoms with Gasteiger partial charge in [-0.1, -0.05) is 18.2 Å². The molecule has 0 amide bonds. The number of nitriles is 1. The van der Waals surface area contributed by atoms with Crippen LogP contribution in [0.2, 0.25) is 0 Å². The highest BCUT2D eigenvalue weighted by Crippen LogP contribution is 2.23. The topological polar surface area (TPSA) is 70.3 Å². The fourth-order valence-corrected chi connectivity index (χ4v) is 2.20. The van der Waals surface area contributed by atoms with Crippen LogP contribution in [0.3, 0.4) is 0 Å². The van der Waals surface area contributed by atoms with Gasteiger partial charge in [-0.25, -0.2) is 4.79 Å². The second-order valence-corrected chi connectivity index (χ2v) is 5.25. The first-order valence-corrected chi connectivity index (χ1v) is 6.83. The van der Waals surface area contributed by atoms with Crippen LogP contribution in [0, 0.1) is 14.9 Å². The molecule has 2 aromatic rings. The normalized spacial score (nSPS) is 9.80. The molecule has 1 N–H and O–H groups in total. The van der Waals surface area contributed by atoms with E-state index in [4.69, 9.17) is 15.1 Å². The first kappa shape index (κ1) is 14.3. The molecule has 0 aliphatic heterocycles. The quantitative estimate of drug-likeness (QED) is 0.827. The van der Waals surface area contributed by atoms with Crippen molar-refractivity contribution in [2.45, 2.75) is 6.61 Å². The molecule has 0 aliphatic rings. The van der Waals surface area contributed by atoms with Gasteiger partial charge in [0.05, 0.1) is 11.6 Å². The monoisotopic (exact) mass is 379 g/mol. The number of ether oxygens (including phenoxy) is 1. The van der Waals surface area contributed by atoms with E-state index in [2.05, 4.69) is 6.07 Å². The largest absolute Gasteiger partial charge is 0.488 e. The second kappa shape index (κ2) is 6.39. The van der Waals surface area contributed by atoms with Crippen molar-refractivity contribution >= 4 is 28.6 Å². The molecule has 100 valence electrons. The summed E-state index contributed by atoms with van der Waals surface area (Å²) < 4.78 is 6.37. The summed E-state index contributed by atoms with van der Waals surface area (Å²) in [5.41, 5.74) is 1.37. The summed E-state index contributed by atoms with van der Waals surface area (Å²) in [5, 5.41) is 18.1. The van der Waals surface area contributed by atoms with Gasteiger partial charge in [-0.05, 0) is 46.9 Å². The molecule has 0 atom stereocenters. The van der Waals surface area contributed by atoms with Crippen LogP contribution in [-0.4, -0.2) is 11.1 Å². The maximum absolute atomic E-state index is 11.2. The molecular formula is C15H10INO3. The minimum Gasteiger partial charge on any atom is -0.488 e. The Balaban J connectivity index is 2.24. The number of aromatic carboxylic acids is 1. The van der Waals surface area contributed by atoms with Crippen LogP contribution >= 0.6 is 22.6 Å². The van der Waals surface area contributed by atoms with Crippen molar-refractivity contribution in [1.82, 2.24) is 0 Å². The number of nitrogens with zero attached hydrogens (tertiary/aromatic N) is 1. The highest BCUT2D eigenvalue weighted by atomic mass is 127. The number of hydrogen-bond donors (Lipinski definition) is 1. The number of halogens is 1. The molecule has 0 unspecified atom stereocenters. The molecule has 0 bridgehead atoms. The van der Waals surface area contributed by atoms with Crippen molar-refractivity contribution in [2.75, 3.05) is 0 Å². The lowest BCUT2D eigenvalue weighted by Crippen LogP contribution is -2.04. The summed E-state index contributed by atoms with van der Waals surface area (Å²) >= 11 is 2.04. The Kier molecular flexibility index (Phi) is 4.58. The predicted octanol–water partition coefficient (Wildman–Crippen LogP) is 3.44. The van der Waals surface area contributed by atoms with Crippen molar-refractivity contribution in [3.05, 3.63) is 62.7 Å². The molecule has 2 aromatic carbocycles. The van der Waals surface area contributed by atoms with E-state index in [9.17, 15) is 4.79 Å². The van der Waals surface area contributed by atoms with Gasteiger partial charge in [0.15, 0.2) is 0 Å². The average molecular weight is 379 g/mol. The Morgan fingerprint density at radius 1 is 1.30 bits per heavy atom. The molecule has 4 nitrogen and oxygen atoms in total. The van der Waals surface area contributed by atoms with E-state index in [0.29, 0.717) is 11.3 Å². The van der Waals surface area contributed by atoms with Gasteiger partial charge < -0.3 is 9.84 Å². The molecule has 5 heteroatoms. The molecule has 0 aliphatic carbocycles. The zero-order valence-corrected chi connectivity index (χ0v) is 12.5. The number of hydrogen-bond acceptors (Lipinski definition) is 3. The average Bonchev–Trinajstić information content (AvgIpc) is 2.46. The van der Waals surface area contributed by atoms with E-state index in [1.807, 2.05) is 28.7 Å². The minimum atomic E-state index is -1.04. The molecule has 0 spiro atoms. The van der Waals surface area contributed by atoms with Crippen LogP contribution in [0.25, 0.3) is 0 Å². The highest BCUT2D eigenvalue weighted by Gasteiger charge is 2.12. The van der Waals surface area contributed by atoms with Crippen LogP contribution in [0.1, 0.15) is 21.5 Å². The Morgan fingerprint density at radius 3 is 2.75 bits per heavy atom. The van der Waals surface area contributed by atoms with Crippen LogP contribution in [-0.2, 0) is 6.61 Å². The standard InChI is InChI=1S/C15H10INO3/c16-12-5-6-14(13(7-12)15(18)19)20-9-11-4-2-1-3-10(11)8-17/h1-7H,9H2,(H,18,19). The molecule has 0 saturated carbocycles. The number of carbonyl (C=O) groups is 1. The van der Waals surface area contributed by atoms with E-state index < -0.39 is 5.97 Å². The number of carboxylic acids is 1. The summed E-state index contributed by atoms with van der Waals surface area (Å²) in [6.45, 7) is 0.157. The summed E-state index contributed by atoms with van der Waals surface area (Å²) in [5.74, 6) is -0.738. The van der Waals surface area contributed by atoms with Crippen molar-refractivity contribution in [1.29, 1.82) is 5.26 Å². The Hall–Kier alpha value is -2.07. The summed E-state index contributed by atoms with van der Waals surface area (Å²) in [4.78, 5) is 11.2. The fraction of sp³-hybridized carbons (Fsp3) is 0.0667. The van der Waals surface area contributed by atoms with Crippen molar-refractivity contribution in [2.24, 2.45) is 0 Å². The molecule has 0 aromatic heterocycles. The molecule has 20 heavy (non-hydrogen) atoms. The SMILES string of the molecule is N#Cc1ccccc1COc1ccc(I)cc1C(=O)O. The van der Waals surface area contributed by atoms with Crippen molar-refractivity contribution in [3.8, 4) is 11.8 Å². The van der Waals surface area contributed by atoms with E-state index in [0.717, 1.165) is 9.13 Å². The summed E-state index contributed by atoms with van der Waals surface area (Å²) in [6, 6.07) is 14.1. The first-order chi connectivity index (χ1) is 9.61. The molecule has 0 radical (unpaired) electrons. The lowest BCUT2D eigenvalue weighted by molar-refractivity contribution is 0.0691. The van der Waals surface area contributed by atoms with Gasteiger partial charge in [0.1, 0.15) is 17.9 Å². The van der Waals surface area contributed by atoms with Crippen LogP contribution in [0.15, 0.2) is 42.5 Å². The molecule has 0 heterocycles. The third kappa shape index (κ3) is 3.27. The third-order valence-corrected chi connectivity index (χ3v) is 3.36. The van der Waals surface area contributed by atoms with Crippen LogP contribution < -0.4 is 4.74 Å².